The second-order valence-corrected chi connectivity index (χ2v) is 7.92. The van der Waals surface area contributed by atoms with Gasteiger partial charge in [0.1, 0.15) is 5.75 Å². The van der Waals surface area contributed by atoms with Gasteiger partial charge in [0, 0.05) is 24.4 Å². The predicted molar refractivity (Wildman–Crippen MR) is 101 cm³/mol. The standard InChI is InChI=1S/C21H34O5/c1-14(11-22)19-16(3)20(26-21(4,5)25-19)15(2)12-24-13-17-7-9-18(23-6)10-8-17/h7-10,14-16,19-20,22H,11-13H2,1-6H3/t14-,15+,16+,19+,20+/m1/s1. The second kappa shape index (κ2) is 9.18. The summed E-state index contributed by atoms with van der Waals surface area (Å²) < 4.78 is 23.4. The highest BCUT2D eigenvalue weighted by Gasteiger charge is 2.44. The molecule has 1 fully saturated rings. The summed E-state index contributed by atoms with van der Waals surface area (Å²) in [5, 5.41) is 9.55. The Hall–Kier alpha value is -1.14. The van der Waals surface area contributed by atoms with E-state index in [0.29, 0.717) is 13.2 Å². The summed E-state index contributed by atoms with van der Waals surface area (Å²) in [6.07, 6.45) is -0.00796. The Kier molecular flexibility index (Phi) is 7.47. The summed E-state index contributed by atoms with van der Waals surface area (Å²) >= 11 is 0. The summed E-state index contributed by atoms with van der Waals surface area (Å²) in [4.78, 5) is 0. The number of benzene rings is 1. The molecule has 1 saturated heterocycles. The SMILES string of the molecule is COc1ccc(COC[C@H](C)[C@@H]2OC(C)(C)O[C@@H]([C@H](C)CO)[C@@H]2C)cc1. The number of hydrogen-bond donors (Lipinski definition) is 1. The molecule has 0 spiro atoms. The highest BCUT2D eigenvalue weighted by atomic mass is 16.7. The van der Waals surface area contributed by atoms with Crippen LogP contribution in [-0.4, -0.2) is 43.4 Å². The number of methoxy groups -OCH3 is 1. The zero-order chi connectivity index (χ0) is 19.3. The minimum absolute atomic E-state index is 0.0219. The lowest BCUT2D eigenvalue weighted by atomic mass is 9.83. The van der Waals surface area contributed by atoms with Crippen molar-refractivity contribution in [3.05, 3.63) is 29.8 Å². The van der Waals surface area contributed by atoms with E-state index in [1.165, 1.54) is 0 Å². The molecule has 1 aliphatic rings. The topological polar surface area (TPSA) is 57.2 Å². The van der Waals surface area contributed by atoms with Gasteiger partial charge < -0.3 is 24.1 Å². The lowest BCUT2D eigenvalue weighted by molar-refractivity contribution is -0.336. The first-order chi connectivity index (χ1) is 12.3. The molecule has 1 aromatic carbocycles. The van der Waals surface area contributed by atoms with Crippen LogP contribution in [-0.2, 0) is 20.8 Å². The molecule has 1 N–H and O–H groups in total. The van der Waals surface area contributed by atoms with E-state index in [0.717, 1.165) is 11.3 Å². The molecule has 2 rings (SSSR count). The molecule has 0 radical (unpaired) electrons. The van der Waals surface area contributed by atoms with Gasteiger partial charge in [-0.15, -0.1) is 0 Å². The molecule has 1 heterocycles. The van der Waals surface area contributed by atoms with Crippen LogP contribution in [0.5, 0.6) is 5.75 Å². The smallest absolute Gasteiger partial charge is 0.163 e. The fourth-order valence-corrected chi connectivity index (χ4v) is 3.64. The molecule has 5 atom stereocenters. The van der Waals surface area contributed by atoms with Crippen molar-refractivity contribution in [3.8, 4) is 5.75 Å². The van der Waals surface area contributed by atoms with Gasteiger partial charge in [0.05, 0.1) is 32.5 Å². The molecule has 5 heteroatoms. The third-order valence-electron chi connectivity index (χ3n) is 5.09. The maximum absolute atomic E-state index is 9.55. The summed E-state index contributed by atoms with van der Waals surface area (Å²) in [6.45, 7) is 11.5. The predicted octanol–water partition coefficient (Wildman–Crippen LogP) is 3.63. The van der Waals surface area contributed by atoms with Crippen LogP contribution in [0, 0.1) is 17.8 Å². The molecule has 0 aliphatic carbocycles. The van der Waals surface area contributed by atoms with Crippen LogP contribution in [0.3, 0.4) is 0 Å². The first-order valence-corrected chi connectivity index (χ1v) is 9.44. The lowest BCUT2D eigenvalue weighted by Crippen LogP contribution is -2.55. The molecule has 148 valence electrons. The van der Waals surface area contributed by atoms with Gasteiger partial charge in [0.25, 0.3) is 0 Å². The van der Waals surface area contributed by atoms with E-state index in [1.54, 1.807) is 7.11 Å². The first-order valence-electron chi connectivity index (χ1n) is 9.44. The Morgan fingerprint density at radius 3 is 2.19 bits per heavy atom. The Morgan fingerprint density at radius 2 is 1.65 bits per heavy atom. The van der Waals surface area contributed by atoms with Crippen molar-refractivity contribution in [2.24, 2.45) is 17.8 Å². The molecular weight excluding hydrogens is 332 g/mol. The van der Waals surface area contributed by atoms with Crippen molar-refractivity contribution in [2.75, 3.05) is 20.3 Å². The van der Waals surface area contributed by atoms with E-state index in [1.807, 2.05) is 45.0 Å². The van der Waals surface area contributed by atoms with Gasteiger partial charge in [-0.2, -0.15) is 0 Å². The quantitative estimate of drug-likeness (QED) is 0.761. The highest BCUT2D eigenvalue weighted by molar-refractivity contribution is 5.26. The van der Waals surface area contributed by atoms with E-state index in [9.17, 15) is 5.11 Å². The van der Waals surface area contributed by atoms with Gasteiger partial charge in [0.2, 0.25) is 0 Å². The van der Waals surface area contributed by atoms with Crippen LogP contribution in [0.2, 0.25) is 0 Å². The van der Waals surface area contributed by atoms with Crippen LogP contribution in [0.4, 0.5) is 0 Å². The Morgan fingerprint density at radius 1 is 1.08 bits per heavy atom. The number of hydrogen-bond acceptors (Lipinski definition) is 5. The van der Waals surface area contributed by atoms with E-state index in [2.05, 4.69) is 13.8 Å². The van der Waals surface area contributed by atoms with Gasteiger partial charge in [-0.3, -0.25) is 0 Å². The molecule has 5 nitrogen and oxygen atoms in total. The second-order valence-electron chi connectivity index (χ2n) is 7.92. The molecule has 0 amide bonds. The highest BCUT2D eigenvalue weighted by Crippen LogP contribution is 2.37. The van der Waals surface area contributed by atoms with Crippen LogP contribution < -0.4 is 4.74 Å². The Bertz CT molecular complexity index is 542. The summed E-state index contributed by atoms with van der Waals surface area (Å²) in [5.41, 5.74) is 1.12. The van der Waals surface area contributed by atoms with E-state index in [4.69, 9.17) is 18.9 Å². The van der Waals surface area contributed by atoms with Crippen LogP contribution in [0.15, 0.2) is 24.3 Å². The summed E-state index contributed by atoms with van der Waals surface area (Å²) in [5.74, 6) is 0.667. The third kappa shape index (κ3) is 5.43. The van der Waals surface area contributed by atoms with Crippen molar-refractivity contribution in [2.45, 2.75) is 59.2 Å². The summed E-state index contributed by atoms with van der Waals surface area (Å²) in [7, 11) is 1.66. The maximum Gasteiger partial charge on any atom is 0.163 e. The molecule has 0 saturated carbocycles. The summed E-state index contributed by atoms with van der Waals surface area (Å²) in [6, 6.07) is 7.91. The fourth-order valence-electron chi connectivity index (χ4n) is 3.64. The van der Waals surface area contributed by atoms with Gasteiger partial charge >= 0.3 is 0 Å². The molecular formula is C21H34O5. The Balaban J connectivity index is 1.92. The van der Waals surface area contributed by atoms with E-state index in [-0.39, 0.29) is 36.6 Å². The lowest BCUT2D eigenvalue weighted by Gasteiger charge is -2.48. The minimum Gasteiger partial charge on any atom is -0.497 e. The van der Waals surface area contributed by atoms with Crippen molar-refractivity contribution in [1.29, 1.82) is 0 Å². The van der Waals surface area contributed by atoms with Gasteiger partial charge in [0.15, 0.2) is 5.79 Å². The third-order valence-corrected chi connectivity index (χ3v) is 5.09. The van der Waals surface area contributed by atoms with Gasteiger partial charge in [-0.1, -0.05) is 32.9 Å². The first kappa shape index (κ1) is 21.2. The number of ether oxygens (including phenoxy) is 4. The van der Waals surface area contributed by atoms with E-state index >= 15 is 0 Å². The van der Waals surface area contributed by atoms with Crippen molar-refractivity contribution < 1.29 is 24.1 Å². The Labute approximate surface area is 157 Å². The van der Waals surface area contributed by atoms with E-state index < -0.39 is 5.79 Å². The van der Waals surface area contributed by atoms with Crippen molar-refractivity contribution in [1.82, 2.24) is 0 Å². The molecule has 26 heavy (non-hydrogen) atoms. The average Bonchev–Trinajstić information content (AvgIpc) is 2.63. The van der Waals surface area contributed by atoms with Crippen LogP contribution in [0.25, 0.3) is 0 Å². The molecule has 1 aliphatic heterocycles. The normalized spacial score (nSPS) is 27.7. The number of aliphatic hydroxyl groups is 1. The molecule has 0 unspecified atom stereocenters. The van der Waals surface area contributed by atoms with Crippen LogP contribution >= 0.6 is 0 Å². The monoisotopic (exact) mass is 366 g/mol. The molecule has 1 aromatic rings. The zero-order valence-corrected chi connectivity index (χ0v) is 16.9. The van der Waals surface area contributed by atoms with Crippen molar-refractivity contribution >= 4 is 0 Å². The zero-order valence-electron chi connectivity index (χ0n) is 16.9. The van der Waals surface area contributed by atoms with Gasteiger partial charge in [-0.25, -0.2) is 0 Å². The number of rotatable bonds is 8. The molecule has 0 bridgehead atoms. The molecule has 0 aromatic heterocycles. The van der Waals surface area contributed by atoms with Crippen molar-refractivity contribution in [3.63, 3.8) is 0 Å². The fraction of sp³-hybridized carbons (Fsp3) is 0.714. The minimum atomic E-state index is -0.657. The largest absolute Gasteiger partial charge is 0.497 e. The average molecular weight is 366 g/mol. The van der Waals surface area contributed by atoms with Crippen LogP contribution in [0.1, 0.15) is 40.2 Å². The number of aliphatic hydroxyl groups excluding tert-OH is 1. The maximum atomic E-state index is 9.55. The van der Waals surface area contributed by atoms with Gasteiger partial charge in [-0.05, 0) is 31.5 Å².